The molecule has 3 rings (SSSR count). The fourth-order valence-electron chi connectivity index (χ4n) is 3.18. The molecule has 0 bridgehead atoms. The Hall–Kier alpha value is -2.44. The van der Waals surface area contributed by atoms with Gasteiger partial charge in [0.15, 0.2) is 18.1 Å². The summed E-state index contributed by atoms with van der Waals surface area (Å²) >= 11 is 0. The molecule has 0 radical (unpaired) electrons. The first kappa shape index (κ1) is 20.9. The minimum atomic E-state index is -0.0892. The van der Waals surface area contributed by atoms with Gasteiger partial charge >= 0.3 is 0 Å². The van der Waals surface area contributed by atoms with Crippen molar-refractivity contribution in [3.8, 4) is 17.2 Å². The highest BCUT2D eigenvalue weighted by Crippen LogP contribution is 2.31. The second-order valence-electron chi connectivity index (χ2n) is 5.99. The van der Waals surface area contributed by atoms with Gasteiger partial charge < -0.3 is 24.4 Å². The van der Waals surface area contributed by atoms with Crippen molar-refractivity contribution in [3.05, 3.63) is 54.1 Å². The van der Waals surface area contributed by atoms with E-state index in [1.807, 2.05) is 47.4 Å². The second kappa shape index (κ2) is 10.0. The van der Waals surface area contributed by atoms with Crippen LogP contribution in [0.25, 0.3) is 0 Å². The van der Waals surface area contributed by atoms with Gasteiger partial charge in [-0.05, 0) is 18.2 Å². The molecule has 1 atom stereocenters. The number of benzene rings is 2. The highest BCUT2D eigenvalue weighted by atomic mass is 35.5. The summed E-state index contributed by atoms with van der Waals surface area (Å²) < 4.78 is 16.5. The number of piperazine rings is 1. The zero-order valence-electron chi connectivity index (χ0n) is 15.5. The van der Waals surface area contributed by atoms with Crippen LogP contribution in [0, 0.1) is 0 Å². The largest absolute Gasteiger partial charge is 0.496 e. The molecule has 0 spiro atoms. The van der Waals surface area contributed by atoms with Crippen LogP contribution in [-0.2, 0) is 4.79 Å². The molecule has 27 heavy (non-hydrogen) atoms. The summed E-state index contributed by atoms with van der Waals surface area (Å²) in [6, 6.07) is 15.0. The van der Waals surface area contributed by atoms with Gasteiger partial charge in [-0.15, -0.1) is 12.4 Å². The highest BCUT2D eigenvalue weighted by Gasteiger charge is 2.30. The number of ether oxygens (including phenoxy) is 3. The van der Waals surface area contributed by atoms with Crippen LogP contribution in [0.4, 0.5) is 0 Å². The van der Waals surface area contributed by atoms with Crippen molar-refractivity contribution in [2.45, 2.75) is 6.04 Å². The minimum Gasteiger partial charge on any atom is -0.496 e. The summed E-state index contributed by atoms with van der Waals surface area (Å²) in [5.74, 6) is 1.90. The molecule has 1 amide bonds. The molecule has 146 valence electrons. The van der Waals surface area contributed by atoms with Gasteiger partial charge in [-0.2, -0.15) is 0 Å². The second-order valence-corrected chi connectivity index (χ2v) is 5.99. The number of methoxy groups -OCH3 is 2. The number of hydrogen-bond acceptors (Lipinski definition) is 5. The number of rotatable bonds is 6. The summed E-state index contributed by atoms with van der Waals surface area (Å²) in [5.41, 5.74) is 0.993. The zero-order valence-corrected chi connectivity index (χ0v) is 16.3. The number of nitrogens with one attached hydrogen (secondary N) is 1. The predicted molar refractivity (Wildman–Crippen MR) is 106 cm³/mol. The van der Waals surface area contributed by atoms with Crippen LogP contribution >= 0.6 is 12.4 Å². The monoisotopic (exact) mass is 392 g/mol. The molecule has 6 nitrogen and oxygen atoms in total. The minimum absolute atomic E-state index is 0. The highest BCUT2D eigenvalue weighted by molar-refractivity contribution is 5.85. The molecule has 0 aliphatic carbocycles. The number of carbonyl (C=O) groups is 1. The quantitative estimate of drug-likeness (QED) is 0.819. The molecule has 0 saturated carbocycles. The third-order valence-corrected chi connectivity index (χ3v) is 4.48. The molecule has 1 unspecified atom stereocenters. The summed E-state index contributed by atoms with van der Waals surface area (Å²) in [7, 11) is 3.23. The van der Waals surface area contributed by atoms with E-state index in [-0.39, 0.29) is 31.0 Å². The molecule has 1 aliphatic rings. The Kier molecular flexibility index (Phi) is 7.76. The number of hydrogen-bond donors (Lipinski definition) is 1. The Morgan fingerprint density at radius 2 is 1.67 bits per heavy atom. The molecule has 1 saturated heterocycles. The van der Waals surface area contributed by atoms with Crippen molar-refractivity contribution in [2.75, 3.05) is 40.5 Å². The molecule has 1 fully saturated rings. The van der Waals surface area contributed by atoms with Crippen LogP contribution in [0.1, 0.15) is 11.6 Å². The van der Waals surface area contributed by atoms with E-state index in [2.05, 4.69) is 5.32 Å². The van der Waals surface area contributed by atoms with Gasteiger partial charge in [0.1, 0.15) is 5.75 Å². The fraction of sp³-hybridized carbons (Fsp3) is 0.350. The summed E-state index contributed by atoms with van der Waals surface area (Å²) in [6.45, 7) is 2.02. The van der Waals surface area contributed by atoms with Crippen LogP contribution in [-0.4, -0.2) is 51.3 Å². The third-order valence-electron chi connectivity index (χ3n) is 4.48. The van der Waals surface area contributed by atoms with Crippen molar-refractivity contribution >= 4 is 18.3 Å². The summed E-state index contributed by atoms with van der Waals surface area (Å²) in [6.07, 6.45) is 0. The number of para-hydroxylation sites is 3. The SMILES string of the molecule is COc1ccccc1OCC(=O)N1CCNCC1c1ccccc1OC.Cl. The molecule has 2 aromatic rings. The Bertz CT molecular complexity index is 756. The first-order chi connectivity index (χ1) is 12.7. The Morgan fingerprint density at radius 1 is 1.04 bits per heavy atom. The van der Waals surface area contributed by atoms with E-state index in [1.54, 1.807) is 20.3 Å². The lowest BCUT2D eigenvalue weighted by atomic mass is 10.0. The maximum absolute atomic E-state index is 12.8. The molecular weight excluding hydrogens is 368 g/mol. The molecule has 1 heterocycles. The molecule has 7 heteroatoms. The van der Waals surface area contributed by atoms with E-state index < -0.39 is 0 Å². The molecule has 1 N–H and O–H groups in total. The zero-order chi connectivity index (χ0) is 18.4. The summed E-state index contributed by atoms with van der Waals surface area (Å²) in [5, 5.41) is 3.35. The topological polar surface area (TPSA) is 60.0 Å². The van der Waals surface area contributed by atoms with E-state index in [1.165, 1.54) is 0 Å². The Labute approximate surface area is 165 Å². The Balaban J connectivity index is 0.00000261. The summed E-state index contributed by atoms with van der Waals surface area (Å²) in [4.78, 5) is 14.7. The lowest BCUT2D eigenvalue weighted by molar-refractivity contribution is -0.136. The third kappa shape index (κ3) is 4.84. The van der Waals surface area contributed by atoms with E-state index in [9.17, 15) is 4.79 Å². The van der Waals surface area contributed by atoms with Gasteiger partial charge in [-0.1, -0.05) is 30.3 Å². The van der Waals surface area contributed by atoms with E-state index in [4.69, 9.17) is 14.2 Å². The van der Waals surface area contributed by atoms with Crippen LogP contribution in [0.2, 0.25) is 0 Å². The standard InChI is InChI=1S/C20H24N2O4.ClH/c1-24-17-8-4-3-7-15(17)16-13-21-11-12-22(16)20(23)14-26-19-10-6-5-9-18(19)25-2;/h3-10,16,21H,11-14H2,1-2H3;1H. The number of nitrogens with zero attached hydrogens (tertiary/aromatic N) is 1. The van der Waals surface area contributed by atoms with E-state index >= 15 is 0 Å². The average molecular weight is 393 g/mol. The first-order valence-corrected chi connectivity index (χ1v) is 8.63. The van der Waals surface area contributed by atoms with Gasteiger partial charge in [-0.25, -0.2) is 0 Å². The van der Waals surface area contributed by atoms with E-state index in [0.29, 0.717) is 24.6 Å². The van der Waals surface area contributed by atoms with Crippen LogP contribution in [0.15, 0.2) is 48.5 Å². The van der Waals surface area contributed by atoms with Gasteiger partial charge in [0.2, 0.25) is 0 Å². The Morgan fingerprint density at radius 3 is 2.37 bits per heavy atom. The lowest BCUT2D eigenvalue weighted by Gasteiger charge is -2.37. The molecule has 2 aromatic carbocycles. The average Bonchev–Trinajstić information content (AvgIpc) is 2.72. The normalized spacial score (nSPS) is 16.2. The lowest BCUT2D eigenvalue weighted by Crippen LogP contribution is -2.50. The molecule has 1 aliphatic heterocycles. The predicted octanol–water partition coefficient (Wildman–Crippen LogP) is 2.68. The van der Waals surface area contributed by atoms with Crippen LogP contribution in [0.5, 0.6) is 17.2 Å². The van der Waals surface area contributed by atoms with Gasteiger partial charge in [0.05, 0.1) is 20.3 Å². The van der Waals surface area contributed by atoms with Crippen LogP contribution < -0.4 is 19.5 Å². The number of amides is 1. The van der Waals surface area contributed by atoms with Crippen molar-refractivity contribution in [3.63, 3.8) is 0 Å². The van der Waals surface area contributed by atoms with Crippen molar-refractivity contribution in [2.24, 2.45) is 0 Å². The molecular formula is C20H25ClN2O4. The van der Waals surface area contributed by atoms with Crippen molar-refractivity contribution in [1.82, 2.24) is 10.2 Å². The number of halogens is 1. The van der Waals surface area contributed by atoms with E-state index in [0.717, 1.165) is 17.9 Å². The fourth-order valence-corrected chi connectivity index (χ4v) is 3.18. The maximum Gasteiger partial charge on any atom is 0.261 e. The van der Waals surface area contributed by atoms with Crippen molar-refractivity contribution in [1.29, 1.82) is 0 Å². The number of carbonyl (C=O) groups excluding carboxylic acids is 1. The first-order valence-electron chi connectivity index (χ1n) is 8.63. The maximum atomic E-state index is 12.8. The van der Waals surface area contributed by atoms with Crippen LogP contribution in [0.3, 0.4) is 0 Å². The molecule has 0 aromatic heterocycles. The van der Waals surface area contributed by atoms with Gasteiger partial charge in [0, 0.05) is 25.2 Å². The van der Waals surface area contributed by atoms with Gasteiger partial charge in [0.25, 0.3) is 5.91 Å². The smallest absolute Gasteiger partial charge is 0.261 e. The van der Waals surface area contributed by atoms with Crippen molar-refractivity contribution < 1.29 is 19.0 Å². The van der Waals surface area contributed by atoms with Gasteiger partial charge in [-0.3, -0.25) is 4.79 Å².